The van der Waals surface area contributed by atoms with Gasteiger partial charge in [0, 0.05) is 33.8 Å². The maximum Gasteiger partial charge on any atom is 0.254 e. The van der Waals surface area contributed by atoms with E-state index in [1.807, 2.05) is 24.3 Å². The number of carbonyl (C=O) groups is 1. The molecule has 2 aromatic heterocycles. The topological polar surface area (TPSA) is 77.0 Å². The SMILES string of the molecule is O=C(NC1CCOc2ccccc21)c1cnc2c(-c3cc(Cl)cc(Cl)c3)ncnc2c1Cl. The number of hydrogen-bond acceptors (Lipinski definition) is 5. The van der Waals surface area contributed by atoms with Crippen LogP contribution in [0.2, 0.25) is 15.1 Å². The van der Waals surface area contributed by atoms with E-state index >= 15 is 0 Å². The van der Waals surface area contributed by atoms with Gasteiger partial charge in [0.2, 0.25) is 0 Å². The molecule has 0 radical (unpaired) electrons. The maximum absolute atomic E-state index is 13.1. The third kappa shape index (κ3) is 3.86. The average molecular weight is 486 g/mol. The van der Waals surface area contributed by atoms with Gasteiger partial charge in [0.25, 0.3) is 5.91 Å². The standard InChI is InChI=1S/C23H15Cl3N4O2/c24-13-7-12(8-14(25)9-13)20-22-21(29-11-28-20)19(26)16(10-27-22)23(31)30-17-5-6-32-18-4-2-1-3-15(17)18/h1-4,7-11,17H,5-6H2,(H,30,31). The van der Waals surface area contributed by atoms with E-state index in [1.54, 1.807) is 18.2 Å². The van der Waals surface area contributed by atoms with Crippen LogP contribution in [0.15, 0.2) is 55.0 Å². The fourth-order valence-corrected chi connectivity index (χ4v) is 4.56. The average Bonchev–Trinajstić information content (AvgIpc) is 2.78. The van der Waals surface area contributed by atoms with Gasteiger partial charge < -0.3 is 10.1 Å². The van der Waals surface area contributed by atoms with Gasteiger partial charge in [-0.3, -0.25) is 9.78 Å². The van der Waals surface area contributed by atoms with Crippen molar-refractivity contribution in [1.29, 1.82) is 0 Å². The van der Waals surface area contributed by atoms with Crippen LogP contribution < -0.4 is 10.1 Å². The molecule has 5 rings (SSSR count). The normalized spacial score (nSPS) is 15.2. The smallest absolute Gasteiger partial charge is 0.254 e. The zero-order chi connectivity index (χ0) is 22.2. The number of hydrogen-bond donors (Lipinski definition) is 1. The van der Waals surface area contributed by atoms with Gasteiger partial charge >= 0.3 is 0 Å². The summed E-state index contributed by atoms with van der Waals surface area (Å²) in [5, 5.41) is 4.18. The van der Waals surface area contributed by atoms with E-state index in [1.165, 1.54) is 12.5 Å². The van der Waals surface area contributed by atoms with Crippen molar-refractivity contribution in [2.45, 2.75) is 12.5 Å². The Kier molecular flexibility index (Phi) is 5.59. The van der Waals surface area contributed by atoms with Gasteiger partial charge in [0.05, 0.1) is 23.2 Å². The second-order valence-corrected chi connectivity index (χ2v) is 8.52. The number of amides is 1. The Morgan fingerprint density at radius 3 is 2.59 bits per heavy atom. The highest BCUT2D eigenvalue weighted by Gasteiger charge is 2.25. The second-order valence-electron chi connectivity index (χ2n) is 7.26. The molecule has 0 fully saturated rings. The summed E-state index contributed by atoms with van der Waals surface area (Å²) in [5.74, 6) is 0.432. The minimum Gasteiger partial charge on any atom is -0.493 e. The number of fused-ring (bicyclic) bond motifs is 2. The lowest BCUT2D eigenvalue weighted by Crippen LogP contribution is -2.32. The first-order valence-corrected chi connectivity index (χ1v) is 10.9. The summed E-state index contributed by atoms with van der Waals surface area (Å²) >= 11 is 18.9. The minimum absolute atomic E-state index is 0.186. The molecule has 2 aromatic carbocycles. The summed E-state index contributed by atoms with van der Waals surface area (Å²) in [6.07, 6.45) is 3.46. The molecule has 1 aliphatic rings. The highest BCUT2D eigenvalue weighted by atomic mass is 35.5. The Bertz CT molecular complexity index is 1340. The van der Waals surface area contributed by atoms with Crippen LogP contribution in [0.3, 0.4) is 0 Å². The first-order chi connectivity index (χ1) is 15.5. The van der Waals surface area contributed by atoms with E-state index < -0.39 is 0 Å². The third-order valence-corrected chi connectivity index (χ3v) is 6.05. The van der Waals surface area contributed by atoms with Crippen LogP contribution in [0, 0.1) is 0 Å². The first kappa shape index (κ1) is 20.9. The minimum atomic E-state index is -0.336. The van der Waals surface area contributed by atoms with E-state index in [2.05, 4.69) is 20.3 Å². The number of nitrogens with zero attached hydrogens (tertiary/aromatic N) is 3. The summed E-state index contributed by atoms with van der Waals surface area (Å²) in [4.78, 5) is 26.1. The summed E-state index contributed by atoms with van der Waals surface area (Å²) in [5.41, 5.74) is 3.18. The molecule has 1 unspecified atom stereocenters. The lowest BCUT2D eigenvalue weighted by molar-refractivity contribution is 0.0924. The fourth-order valence-electron chi connectivity index (χ4n) is 3.76. The van der Waals surface area contributed by atoms with Gasteiger partial charge in [-0.15, -0.1) is 0 Å². The molecule has 1 atom stereocenters. The molecule has 3 heterocycles. The van der Waals surface area contributed by atoms with Crippen molar-refractivity contribution >= 4 is 51.7 Å². The molecule has 0 bridgehead atoms. The molecule has 0 saturated carbocycles. The van der Waals surface area contributed by atoms with Crippen LogP contribution in [-0.2, 0) is 0 Å². The van der Waals surface area contributed by atoms with Crippen LogP contribution in [0.5, 0.6) is 5.75 Å². The number of ether oxygens (including phenoxy) is 1. The molecular formula is C23H15Cl3N4O2. The largest absolute Gasteiger partial charge is 0.493 e. The van der Waals surface area contributed by atoms with Crippen molar-refractivity contribution in [3.8, 4) is 17.0 Å². The summed E-state index contributed by atoms with van der Waals surface area (Å²) in [6, 6.07) is 12.5. The molecule has 160 valence electrons. The van der Waals surface area contributed by atoms with Crippen molar-refractivity contribution in [2.75, 3.05) is 6.61 Å². The van der Waals surface area contributed by atoms with Gasteiger partial charge in [-0.05, 0) is 24.3 Å². The first-order valence-electron chi connectivity index (χ1n) is 9.79. The Morgan fingerprint density at radius 1 is 1.00 bits per heavy atom. The fraction of sp³-hybridized carbons (Fsp3) is 0.130. The number of nitrogens with one attached hydrogen (secondary N) is 1. The Hall–Kier alpha value is -2.93. The molecule has 1 amide bonds. The van der Waals surface area contributed by atoms with Crippen LogP contribution in [0.25, 0.3) is 22.3 Å². The van der Waals surface area contributed by atoms with Gasteiger partial charge in [0.15, 0.2) is 0 Å². The summed E-state index contributed by atoms with van der Waals surface area (Å²) < 4.78 is 5.67. The van der Waals surface area contributed by atoms with E-state index in [0.29, 0.717) is 45.4 Å². The van der Waals surface area contributed by atoms with E-state index in [9.17, 15) is 4.79 Å². The van der Waals surface area contributed by atoms with Crippen molar-refractivity contribution in [2.24, 2.45) is 0 Å². The van der Waals surface area contributed by atoms with Crippen molar-refractivity contribution in [3.05, 3.63) is 81.2 Å². The highest BCUT2D eigenvalue weighted by molar-refractivity contribution is 6.38. The Labute approximate surface area is 198 Å². The van der Waals surface area contributed by atoms with Gasteiger partial charge in [0.1, 0.15) is 28.8 Å². The Morgan fingerprint density at radius 2 is 1.78 bits per heavy atom. The molecule has 32 heavy (non-hydrogen) atoms. The number of para-hydroxylation sites is 1. The summed E-state index contributed by atoms with van der Waals surface area (Å²) in [6.45, 7) is 0.518. The molecule has 0 spiro atoms. The third-order valence-electron chi connectivity index (χ3n) is 5.23. The number of rotatable bonds is 3. The lowest BCUT2D eigenvalue weighted by atomic mass is 10.00. The highest BCUT2D eigenvalue weighted by Crippen LogP contribution is 2.34. The molecule has 9 heteroatoms. The molecule has 4 aromatic rings. The number of halogens is 3. The molecular weight excluding hydrogens is 471 g/mol. The van der Waals surface area contributed by atoms with Crippen LogP contribution in [0.4, 0.5) is 0 Å². The van der Waals surface area contributed by atoms with Gasteiger partial charge in [-0.25, -0.2) is 9.97 Å². The maximum atomic E-state index is 13.1. The van der Waals surface area contributed by atoms with Crippen molar-refractivity contribution in [1.82, 2.24) is 20.3 Å². The van der Waals surface area contributed by atoms with E-state index in [4.69, 9.17) is 39.5 Å². The number of benzene rings is 2. The zero-order valence-electron chi connectivity index (χ0n) is 16.5. The summed E-state index contributed by atoms with van der Waals surface area (Å²) in [7, 11) is 0. The van der Waals surface area contributed by atoms with E-state index in [-0.39, 0.29) is 22.5 Å². The molecule has 1 N–H and O–H groups in total. The Balaban J connectivity index is 1.51. The van der Waals surface area contributed by atoms with Crippen molar-refractivity contribution < 1.29 is 9.53 Å². The van der Waals surface area contributed by atoms with Crippen molar-refractivity contribution in [3.63, 3.8) is 0 Å². The lowest BCUT2D eigenvalue weighted by Gasteiger charge is -2.26. The van der Waals surface area contributed by atoms with Crippen LogP contribution in [-0.4, -0.2) is 27.5 Å². The monoisotopic (exact) mass is 484 g/mol. The van der Waals surface area contributed by atoms with Gasteiger partial charge in [-0.2, -0.15) is 0 Å². The zero-order valence-corrected chi connectivity index (χ0v) is 18.7. The van der Waals surface area contributed by atoms with Gasteiger partial charge in [-0.1, -0.05) is 53.0 Å². The van der Waals surface area contributed by atoms with Crippen LogP contribution in [0.1, 0.15) is 28.4 Å². The second kappa shape index (κ2) is 8.54. The van der Waals surface area contributed by atoms with Crippen LogP contribution >= 0.6 is 34.8 Å². The number of pyridine rings is 1. The molecule has 1 aliphatic heterocycles. The molecule has 0 saturated heterocycles. The number of aromatic nitrogens is 3. The predicted molar refractivity (Wildman–Crippen MR) is 125 cm³/mol. The predicted octanol–water partition coefficient (Wildman–Crippen LogP) is 5.91. The quantitative estimate of drug-likeness (QED) is 0.390. The molecule has 0 aliphatic carbocycles. The molecule has 6 nitrogen and oxygen atoms in total. The van der Waals surface area contributed by atoms with E-state index in [0.717, 1.165) is 11.3 Å². The number of carbonyl (C=O) groups excluding carboxylic acids is 1.